The Balaban J connectivity index is 0.00000320. The molecule has 0 N–H and O–H groups in total. The summed E-state index contributed by atoms with van der Waals surface area (Å²) in [5.74, 6) is -0.645. The lowest BCUT2D eigenvalue weighted by Crippen LogP contribution is -3.00. The Morgan fingerprint density at radius 2 is 1.60 bits per heavy atom. The molecular formula is C22H23FIN3O2S. The van der Waals surface area contributed by atoms with E-state index in [0.717, 1.165) is 15.3 Å². The van der Waals surface area contributed by atoms with Gasteiger partial charge in [-0.3, -0.25) is 14.1 Å². The minimum Gasteiger partial charge on any atom is -1.00 e. The van der Waals surface area contributed by atoms with Gasteiger partial charge in [-0.15, -0.1) is 0 Å². The Kier molecular flexibility index (Phi) is 7.59. The minimum absolute atomic E-state index is 0. The second kappa shape index (κ2) is 9.40. The minimum atomic E-state index is -0.410. The van der Waals surface area contributed by atoms with E-state index in [1.54, 1.807) is 6.92 Å². The van der Waals surface area contributed by atoms with Crippen molar-refractivity contribution >= 4 is 23.2 Å². The summed E-state index contributed by atoms with van der Waals surface area (Å²) < 4.78 is 15.1. The molecule has 0 aliphatic carbocycles. The summed E-state index contributed by atoms with van der Waals surface area (Å²) in [4.78, 5) is 26.6. The van der Waals surface area contributed by atoms with Crippen LogP contribution in [0.25, 0.3) is 5.69 Å². The third-order valence-electron chi connectivity index (χ3n) is 4.52. The van der Waals surface area contributed by atoms with Crippen LogP contribution in [0.15, 0.2) is 63.1 Å². The standard InChI is InChI=1S/C22H23FN3O2S.HI/c1-14-20(15(2)27)24-25(17-8-6-16(23)7-9-17)22(28)21(14)29-19-12-10-18(11-13-19)26(3,4)5;/h6-13H,1-5H3;1H/q+1;/p-1. The van der Waals surface area contributed by atoms with E-state index in [2.05, 4.69) is 26.2 Å². The topological polar surface area (TPSA) is 52.0 Å². The van der Waals surface area contributed by atoms with Gasteiger partial charge < -0.3 is 24.0 Å². The van der Waals surface area contributed by atoms with Crippen molar-refractivity contribution in [3.05, 3.63) is 76.0 Å². The number of nitrogens with zero attached hydrogens (tertiary/aromatic N) is 3. The molecule has 0 atom stereocenters. The Labute approximate surface area is 196 Å². The highest BCUT2D eigenvalue weighted by molar-refractivity contribution is 7.99. The zero-order valence-electron chi connectivity index (χ0n) is 17.4. The Bertz CT molecular complexity index is 1120. The van der Waals surface area contributed by atoms with Crippen LogP contribution in [0.1, 0.15) is 23.0 Å². The molecule has 1 aromatic heterocycles. The summed E-state index contributed by atoms with van der Waals surface area (Å²) in [5, 5.41) is 4.24. The van der Waals surface area contributed by atoms with Crippen LogP contribution in [0.3, 0.4) is 0 Å². The zero-order valence-corrected chi connectivity index (χ0v) is 20.4. The Hall–Kier alpha value is -2.04. The predicted octanol–water partition coefficient (Wildman–Crippen LogP) is 1.23. The van der Waals surface area contributed by atoms with Gasteiger partial charge in [-0.25, -0.2) is 4.39 Å². The van der Waals surface area contributed by atoms with Crippen molar-refractivity contribution in [1.82, 2.24) is 14.3 Å². The molecule has 0 spiro atoms. The lowest BCUT2D eigenvalue weighted by Gasteiger charge is -2.23. The molecule has 0 amide bonds. The number of carbonyl (C=O) groups is 1. The van der Waals surface area contributed by atoms with Crippen molar-refractivity contribution in [2.45, 2.75) is 23.6 Å². The van der Waals surface area contributed by atoms with Crippen molar-refractivity contribution in [2.24, 2.45) is 0 Å². The lowest BCUT2D eigenvalue weighted by atomic mass is 10.2. The maximum Gasteiger partial charge on any atom is 0.285 e. The second-order valence-corrected chi connectivity index (χ2v) is 8.74. The number of halogens is 2. The summed E-state index contributed by atoms with van der Waals surface area (Å²) in [6, 6.07) is 13.4. The van der Waals surface area contributed by atoms with E-state index in [0.29, 0.717) is 20.6 Å². The molecule has 3 aromatic rings. The van der Waals surface area contributed by atoms with Gasteiger partial charge in [-0.1, -0.05) is 11.8 Å². The monoisotopic (exact) mass is 539 g/mol. The Morgan fingerprint density at radius 1 is 1.03 bits per heavy atom. The van der Waals surface area contributed by atoms with Crippen LogP contribution in [0.5, 0.6) is 0 Å². The molecule has 2 aromatic carbocycles. The van der Waals surface area contributed by atoms with Gasteiger partial charge in [-0.2, -0.15) is 9.78 Å². The highest BCUT2D eigenvalue weighted by atomic mass is 127. The molecule has 158 valence electrons. The molecule has 0 radical (unpaired) electrons. The number of carbonyl (C=O) groups excluding carboxylic acids is 1. The van der Waals surface area contributed by atoms with Crippen LogP contribution in [-0.2, 0) is 0 Å². The SMILES string of the molecule is CC(=O)c1nn(-c2ccc(F)cc2)c(=O)c(Sc2ccc([N+](C)(C)C)cc2)c1C.[I-]. The van der Waals surface area contributed by atoms with Crippen LogP contribution in [-0.4, -0.2) is 36.7 Å². The number of ketones is 1. The van der Waals surface area contributed by atoms with Crippen molar-refractivity contribution in [3.8, 4) is 5.69 Å². The molecule has 30 heavy (non-hydrogen) atoms. The molecule has 5 nitrogen and oxygen atoms in total. The molecule has 0 bridgehead atoms. The van der Waals surface area contributed by atoms with E-state index >= 15 is 0 Å². The third-order valence-corrected chi connectivity index (χ3v) is 5.71. The molecular weight excluding hydrogens is 516 g/mol. The fourth-order valence-corrected chi connectivity index (χ4v) is 3.81. The molecule has 8 heteroatoms. The van der Waals surface area contributed by atoms with E-state index in [1.165, 1.54) is 43.0 Å². The number of rotatable bonds is 5. The number of aromatic nitrogens is 2. The van der Waals surface area contributed by atoms with Gasteiger partial charge in [0.05, 0.1) is 31.7 Å². The van der Waals surface area contributed by atoms with E-state index in [9.17, 15) is 14.0 Å². The normalized spacial score (nSPS) is 11.1. The van der Waals surface area contributed by atoms with E-state index in [4.69, 9.17) is 0 Å². The van der Waals surface area contributed by atoms with Crippen molar-refractivity contribution < 1.29 is 33.2 Å². The van der Waals surface area contributed by atoms with E-state index in [1.807, 2.05) is 24.3 Å². The zero-order chi connectivity index (χ0) is 21.3. The highest BCUT2D eigenvalue weighted by Gasteiger charge is 2.19. The molecule has 3 rings (SSSR count). The molecule has 0 aliphatic rings. The van der Waals surface area contributed by atoms with Crippen LogP contribution in [0.4, 0.5) is 10.1 Å². The third kappa shape index (κ3) is 5.16. The van der Waals surface area contributed by atoms with Gasteiger partial charge in [-0.05, 0) is 48.9 Å². The Morgan fingerprint density at radius 3 is 2.10 bits per heavy atom. The average Bonchev–Trinajstić information content (AvgIpc) is 2.65. The van der Waals surface area contributed by atoms with Crippen molar-refractivity contribution in [1.29, 1.82) is 0 Å². The predicted molar refractivity (Wildman–Crippen MR) is 115 cm³/mol. The van der Waals surface area contributed by atoms with Gasteiger partial charge >= 0.3 is 0 Å². The van der Waals surface area contributed by atoms with Crippen LogP contribution < -0.4 is 34.0 Å². The first kappa shape index (κ1) is 24.2. The summed E-state index contributed by atoms with van der Waals surface area (Å²) in [6.07, 6.45) is 0. The molecule has 0 fully saturated rings. The van der Waals surface area contributed by atoms with Crippen molar-refractivity contribution in [3.63, 3.8) is 0 Å². The molecule has 0 unspecified atom stereocenters. The number of quaternary nitrogens is 1. The van der Waals surface area contributed by atoms with Crippen LogP contribution in [0.2, 0.25) is 0 Å². The summed E-state index contributed by atoms with van der Waals surface area (Å²) in [7, 11) is 6.24. The lowest BCUT2D eigenvalue weighted by molar-refractivity contribution is -0.0000149. The highest BCUT2D eigenvalue weighted by Crippen LogP contribution is 2.31. The smallest absolute Gasteiger partial charge is 0.285 e. The summed E-state index contributed by atoms with van der Waals surface area (Å²) in [5.41, 5.74) is 1.95. The first-order valence-corrected chi connectivity index (χ1v) is 9.90. The fourth-order valence-electron chi connectivity index (χ4n) is 2.88. The first-order valence-electron chi connectivity index (χ1n) is 9.08. The maximum atomic E-state index is 13.3. The van der Waals surface area contributed by atoms with Crippen LogP contribution >= 0.6 is 11.8 Å². The van der Waals surface area contributed by atoms with E-state index in [-0.39, 0.29) is 41.0 Å². The number of hydrogen-bond donors (Lipinski definition) is 0. The fraction of sp³-hybridized carbons (Fsp3) is 0.227. The first-order chi connectivity index (χ1) is 13.6. The largest absolute Gasteiger partial charge is 1.00 e. The number of Topliss-reactive ketones (excluding diaryl/α,β-unsaturated/α-hetero) is 1. The molecule has 0 saturated heterocycles. The van der Waals surface area contributed by atoms with Crippen molar-refractivity contribution in [2.75, 3.05) is 21.1 Å². The molecule has 1 heterocycles. The van der Waals surface area contributed by atoms with Gasteiger partial charge in [0.15, 0.2) is 5.78 Å². The van der Waals surface area contributed by atoms with E-state index < -0.39 is 5.82 Å². The summed E-state index contributed by atoms with van der Waals surface area (Å²) in [6.45, 7) is 3.14. The van der Waals surface area contributed by atoms with Gasteiger partial charge in [0.25, 0.3) is 5.56 Å². The second-order valence-electron chi connectivity index (χ2n) is 7.66. The maximum absolute atomic E-state index is 13.3. The van der Waals surface area contributed by atoms with Gasteiger partial charge in [0.1, 0.15) is 17.2 Å². The molecule has 0 saturated carbocycles. The number of benzene rings is 2. The quantitative estimate of drug-likeness (QED) is 0.278. The molecule has 0 aliphatic heterocycles. The van der Waals surface area contributed by atoms with Gasteiger partial charge in [0, 0.05) is 24.0 Å². The van der Waals surface area contributed by atoms with Gasteiger partial charge in [0.2, 0.25) is 0 Å². The average molecular weight is 539 g/mol. The van der Waals surface area contributed by atoms with Crippen LogP contribution in [0, 0.1) is 12.7 Å². The number of hydrogen-bond acceptors (Lipinski definition) is 4. The summed E-state index contributed by atoms with van der Waals surface area (Å²) >= 11 is 1.30.